The van der Waals surface area contributed by atoms with Crippen molar-refractivity contribution < 1.29 is 9.53 Å². The number of benzene rings is 2. The molecule has 30 heavy (non-hydrogen) atoms. The van der Waals surface area contributed by atoms with Crippen LogP contribution in [0.15, 0.2) is 72.0 Å². The highest BCUT2D eigenvalue weighted by molar-refractivity contribution is 14.1. The molecule has 0 bridgehead atoms. The number of ether oxygens (including phenoxy) is 1. The Bertz CT molecular complexity index is 1180. The van der Waals surface area contributed by atoms with Crippen molar-refractivity contribution in [3.8, 4) is 0 Å². The molecule has 2 aromatic carbocycles. The molecule has 0 aliphatic rings. The Morgan fingerprint density at radius 3 is 2.80 bits per heavy atom. The van der Waals surface area contributed by atoms with E-state index in [0.29, 0.717) is 18.7 Å². The summed E-state index contributed by atoms with van der Waals surface area (Å²) in [4.78, 5) is 21.4. The van der Waals surface area contributed by atoms with Gasteiger partial charge in [0.1, 0.15) is 0 Å². The summed E-state index contributed by atoms with van der Waals surface area (Å²) in [7, 11) is 0. The van der Waals surface area contributed by atoms with E-state index >= 15 is 0 Å². The predicted octanol–water partition coefficient (Wildman–Crippen LogP) is 5.55. The molecule has 0 unspecified atom stereocenters. The number of rotatable bonds is 7. The summed E-state index contributed by atoms with van der Waals surface area (Å²) in [6, 6.07) is 19.9. The summed E-state index contributed by atoms with van der Waals surface area (Å²) in [5.74, 6) is 0.486. The van der Waals surface area contributed by atoms with Crippen LogP contribution in [0, 0.1) is 3.57 Å². The zero-order chi connectivity index (χ0) is 20.9. The predicted molar refractivity (Wildman–Crippen MR) is 128 cm³/mol. The van der Waals surface area contributed by atoms with Crippen LogP contribution in [0.3, 0.4) is 0 Å². The minimum atomic E-state index is -0.327. The van der Waals surface area contributed by atoms with Crippen molar-refractivity contribution in [3.63, 3.8) is 0 Å². The van der Waals surface area contributed by atoms with Gasteiger partial charge in [0, 0.05) is 15.5 Å². The second kappa shape index (κ2) is 9.61. The van der Waals surface area contributed by atoms with E-state index in [9.17, 15) is 4.79 Å². The molecule has 0 aliphatic heterocycles. The highest BCUT2D eigenvalue weighted by Crippen LogP contribution is 2.28. The van der Waals surface area contributed by atoms with E-state index in [1.165, 1.54) is 9.13 Å². The molecule has 4 rings (SSSR count). The van der Waals surface area contributed by atoms with E-state index in [1.54, 1.807) is 37.0 Å². The molecule has 0 radical (unpaired) electrons. The van der Waals surface area contributed by atoms with Gasteiger partial charge in [-0.15, -0.1) is 0 Å². The zero-order valence-corrected chi connectivity index (χ0v) is 19.4. The van der Waals surface area contributed by atoms with Crippen LogP contribution in [0.25, 0.3) is 11.0 Å². The number of hydrogen-bond donors (Lipinski definition) is 0. The number of thioether (sulfide) groups is 1. The average Bonchev–Trinajstić information content (AvgIpc) is 3.10. The molecule has 0 atom stereocenters. The van der Waals surface area contributed by atoms with Crippen molar-refractivity contribution >= 4 is 51.4 Å². The molecule has 0 amide bonds. The normalized spacial score (nSPS) is 11.0. The van der Waals surface area contributed by atoms with E-state index in [0.717, 1.165) is 27.6 Å². The van der Waals surface area contributed by atoms with Crippen LogP contribution >= 0.6 is 34.4 Å². The fourth-order valence-corrected chi connectivity index (χ4v) is 4.70. The molecule has 0 aliphatic carbocycles. The monoisotopic (exact) mass is 529 g/mol. The molecule has 0 fully saturated rings. The maximum Gasteiger partial charge on any atom is 0.338 e. The summed E-state index contributed by atoms with van der Waals surface area (Å²) in [5, 5.41) is 0.899. The Morgan fingerprint density at radius 1 is 1.13 bits per heavy atom. The standard InChI is InChI=1S/C23H20IN3O2S/c1-2-29-22(28)17-9-10-21-20(13-17)26-23(27(21)14-19-8-3-4-11-25-19)30-15-16-6-5-7-18(24)12-16/h3-13H,2,14-15H2,1H3. The van der Waals surface area contributed by atoms with Crippen molar-refractivity contribution in [2.45, 2.75) is 24.4 Å². The quantitative estimate of drug-likeness (QED) is 0.179. The van der Waals surface area contributed by atoms with Crippen LogP contribution in [0.1, 0.15) is 28.5 Å². The van der Waals surface area contributed by atoms with E-state index < -0.39 is 0 Å². The molecule has 5 nitrogen and oxygen atoms in total. The lowest BCUT2D eigenvalue weighted by Crippen LogP contribution is -2.05. The minimum Gasteiger partial charge on any atom is -0.462 e. The molecule has 0 spiro atoms. The first kappa shape index (κ1) is 20.9. The molecule has 0 saturated carbocycles. The Hall–Kier alpha value is -2.39. The number of hydrogen-bond acceptors (Lipinski definition) is 5. The van der Waals surface area contributed by atoms with E-state index in [1.807, 2.05) is 24.3 Å². The molecule has 2 aromatic heterocycles. The van der Waals surface area contributed by atoms with Gasteiger partial charge in [-0.2, -0.15) is 0 Å². The van der Waals surface area contributed by atoms with Gasteiger partial charge >= 0.3 is 5.97 Å². The average molecular weight is 529 g/mol. The van der Waals surface area contributed by atoms with Crippen LogP contribution in [0.5, 0.6) is 0 Å². The number of nitrogens with zero attached hydrogens (tertiary/aromatic N) is 3. The minimum absolute atomic E-state index is 0.327. The molecule has 152 valence electrons. The number of imidazole rings is 1. The Labute approximate surface area is 193 Å². The van der Waals surface area contributed by atoms with Gasteiger partial charge < -0.3 is 9.30 Å². The highest BCUT2D eigenvalue weighted by atomic mass is 127. The van der Waals surface area contributed by atoms with Crippen molar-refractivity contribution in [3.05, 3.63) is 87.3 Å². The maximum absolute atomic E-state index is 12.1. The van der Waals surface area contributed by atoms with Gasteiger partial charge in [0.15, 0.2) is 5.16 Å². The Morgan fingerprint density at radius 2 is 2.03 bits per heavy atom. The van der Waals surface area contributed by atoms with Gasteiger partial charge in [-0.25, -0.2) is 9.78 Å². The third kappa shape index (κ3) is 4.84. The first-order valence-corrected chi connectivity index (χ1v) is 11.6. The Balaban J connectivity index is 1.70. The number of carbonyl (C=O) groups is 1. The zero-order valence-electron chi connectivity index (χ0n) is 16.4. The lowest BCUT2D eigenvalue weighted by atomic mass is 10.2. The first-order valence-electron chi connectivity index (χ1n) is 9.58. The van der Waals surface area contributed by atoms with Gasteiger partial charge in [0.25, 0.3) is 0 Å². The third-order valence-corrected chi connectivity index (χ3v) is 6.25. The third-order valence-electron chi connectivity index (χ3n) is 4.53. The fraction of sp³-hybridized carbons (Fsp3) is 0.174. The van der Waals surface area contributed by atoms with Gasteiger partial charge in [-0.1, -0.05) is 30.0 Å². The van der Waals surface area contributed by atoms with E-state index in [4.69, 9.17) is 9.72 Å². The molecule has 2 heterocycles. The van der Waals surface area contributed by atoms with Crippen molar-refractivity contribution in [1.82, 2.24) is 14.5 Å². The van der Waals surface area contributed by atoms with Crippen LogP contribution in [0.2, 0.25) is 0 Å². The second-order valence-electron chi connectivity index (χ2n) is 6.64. The van der Waals surface area contributed by atoms with Crippen LogP contribution in [-0.4, -0.2) is 27.1 Å². The Kier molecular flexibility index (Phi) is 6.69. The first-order chi connectivity index (χ1) is 14.6. The summed E-state index contributed by atoms with van der Waals surface area (Å²) in [5.41, 5.74) is 4.47. The van der Waals surface area contributed by atoms with Crippen molar-refractivity contribution in [2.75, 3.05) is 6.61 Å². The number of fused-ring (bicyclic) bond motifs is 1. The lowest BCUT2D eigenvalue weighted by Gasteiger charge is -2.09. The number of aromatic nitrogens is 3. The van der Waals surface area contributed by atoms with Crippen molar-refractivity contribution in [2.24, 2.45) is 0 Å². The SMILES string of the molecule is CCOC(=O)c1ccc2c(c1)nc(SCc1cccc(I)c1)n2Cc1ccccn1. The molecular formula is C23H20IN3O2S. The number of carbonyl (C=O) groups excluding carboxylic acids is 1. The van der Waals surface area contributed by atoms with Crippen LogP contribution in [-0.2, 0) is 17.0 Å². The summed E-state index contributed by atoms with van der Waals surface area (Å²) in [6.45, 7) is 2.77. The van der Waals surface area contributed by atoms with E-state index in [-0.39, 0.29) is 5.97 Å². The molecule has 0 N–H and O–H groups in total. The summed E-state index contributed by atoms with van der Waals surface area (Å²) >= 11 is 4.01. The second-order valence-corrected chi connectivity index (χ2v) is 8.83. The number of esters is 1. The smallest absolute Gasteiger partial charge is 0.338 e. The van der Waals surface area contributed by atoms with Gasteiger partial charge in [-0.05, 0) is 77.5 Å². The van der Waals surface area contributed by atoms with E-state index in [2.05, 4.69) is 56.4 Å². The van der Waals surface area contributed by atoms with Gasteiger partial charge in [-0.3, -0.25) is 4.98 Å². The highest BCUT2D eigenvalue weighted by Gasteiger charge is 2.15. The summed E-state index contributed by atoms with van der Waals surface area (Å²) in [6.07, 6.45) is 1.80. The fourth-order valence-electron chi connectivity index (χ4n) is 3.14. The molecule has 4 aromatic rings. The van der Waals surface area contributed by atoms with Crippen LogP contribution < -0.4 is 0 Å². The van der Waals surface area contributed by atoms with Gasteiger partial charge in [0.2, 0.25) is 0 Å². The lowest BCUT2D eigenvalue weighted by molar-refractivity contribution is 0.0526. The maximum atomic E-state index is 12.1. The number of pyridine rings is 1. The summed E-state index contributed by atoms with van der Waals surface area (Å²) < 4.78 is 8.51. The number of halogens is 1. The molecule has 7 heteroatoms. The molecule has 0 saturated heterocycles. The van der Waals surface area contributed by atoms with Gasteiger partial charge in [0.05, 0.1) is 35.4 Å². The molecular weight excluding hydrogens is 509 g/mol. The largest absolute Gasteiger partial charge is 0.462 e. The topological polar surface area (TPSA) is 57.0 Å². The van der Waals surface area contributed by atoms with Crippen LogP contribution in [0.4, 0.5) is 0 Å². The van der Waals surface area contributed by atoms with Crippen molar-refractivity contribution in [1.29, 1.82) is 0 Å².